The largest absolute Gasteiger partial charge is 0.391 e. The van der Waals surface area contributed by atoms with Crippen LogP contribution in [0.3, 0.4) is 0 Å². The first-order chi connectivity index (χ1) is 6.31. The van der Waals surface area contributed by atoms with Crippen LogP contribution in [-0.4, -0.2) is 51.1 Å². The van der Waals surface area contributed by atoms with E-state index in [1.54, 1.807) is 13.8 Å². The Labute approximate surface area is 82.3 Å². The molecule has 3 aliphatic rings. The number of hydrogen-bond donors (Lipinski definition) is 3. The molecule has 3 aliphatic heterocycles. The molecule has 0 aromatic heterocycles. The molecule has 0 aliphatic carbocycles. The van der Waals surface area contributed by atoms with Gasteiger partial charge in [0.2, 0.25) is 5.79 Å². The third-order valence-electron chi connectivity index (χ3n) is 3.68. The lowest BCUT2D eigenvalue weighted by molar-refractivity contribution is -0.541. The van der Waals surface area contributed by atoms with E-state index in [4.69, 9.17) is 14.6 Å². The van der Waals surface area contributed by atoms with Crippen molar-refractivity contribution in [2.24, 2.45) is 0 Å². The van der Waals surface area contributed by atoms with Gasteiger partial charge in [-0.1, -0.05) is 0 Å². The predicted molar refractivity (Wildman–Crippen MR) is 46.5 cm³/mol. The van der Waals surface area contributed by atoms with E-state index in [0.29, 0.717) is 0 Å². The van der Waals surface area contributed by atoms with Crippen LogP contribution in [-0.2, 0) is 9.47 Å². The van der Waals surface area contributed by atoms with Crippen LogP contribution in [0, 0.1) is 0 Å². The zero-order valence-electron chi connectivity index (χ0n) is 8.52. The monoisotopic (exact) mass is 204 g/mol. The summed E-state index contributed by atoms with van der Waals surface area (Å²) in [5.41, 5.74) is -2.44. The highest BCUT2D eigenvalue weighted by molar-refractivity contribution is 5.21. The van der Waals surface area contributed by atoms with Crippen LogP contribution in [0.15, 0.2) is 0 Å². The molecule has 0 saturated carbocycles. The van der Waals surface area contributed by atoms with Gasteiger partial charge in [0.15, 0.2) is 0 Å². The molecule has 0 aromatic rings. The predicted octanol–water partition coefficient (Wildman–Crippen LogP) is -1.01. The maximum Gasteiger partial charge on any atom is 0.225 e. The van der Waals surface area contributed by atoms with Gasteiger partial charge in [-0.15, -0.1) is 0 Å². The standard InChI is InChI=1S/C9H16O5/c1-5-6(11)7(2)8(3,12)9(4-10,13-5)14-7/h5-6,10-12H,4H2,1-3H3. The Hall–Kier alpha value is -0.200. The van der Waals surface area contributed by atoms with Crippen molar-refractivity contribution in [1.29, 1.82) is 0 Å². The smallest absolute Gasteiger partial charge is 0.225 e. The normalized spacial score (nSPS) is 62.1. The average molecular weight is 204 g/mol. The molecule has 0 radical (unpaired) electrons. The van der Waals surface area contributed by atoms with Gasteiger partial charge in [-0.3, -0.25) is 0 Å². The van der Waals surface area contributed by atoms with Crippen LogP contribution < -0.4 is 0 Å². The molecule has 3 fully saturated rings. The van der Waals surface area contributed by atoms with E-state index in [-0.39, 0.29) is 0 Å². The van der Waals surface area contributed by atoms with E-state index in [2.05, 4.69) is 0 Å². The quantitative estimate of drug-likeness (QED) is 0.510. The van der Waals surface area contributed by atoms with Crippen molar-refractivity contribution in [1.82, 2.24) is 0 Å². The lowest BCUT2D eigenvalue weighted by Crippen LogP contribution is -2.89. The zero-order chi connectivity index (χ0) is 10.8. The first kappa shape index (κ1) is 10.3. The van der Waals surface area contributed by atoms with E-state index in [1.165, 1.54) is 6.92 Å². The Morgan fingerprint density at radius 2 is 1.93 bits per heavy atom. The molecule has 2 bridgehead atoms. The van der Waals surface area contributed by atoms with Crippen LogP contribution in [0.25, 0.3) is 0 Å². The minimum Gasteiger partial charge on any atom is -0.391 e. The summed E-state index contributed by atoms with van der Waals surface area (Å²) in [4.78, 5) is 0. The third-order valence-corrected chi connectivity index (χ3v) is 3.68. The molecular weight excluding hydrogens is 188 g/mol. The maximum atomic E-state index is 10.1. The zero-order valence-corrected chi connectivity index (χ0v) is 8.52. The van der Waals surface area contributed by atoms with Crippen LogP contribution in [0.1, 0.15) is 20.8 Å². The summed E-state index contributed by atoms with van der Waals surface area (Å²) < 4.78 is 10.6. The third kappa shape index (κ3) is 0.788. The molecule has 0 amide bonds. The van der Waals surface area contributed by atoms with Gasteiger partial charge in [0.05, 0.1) is 6.10 Å². The molecule has 82 valence electrons. The molecule has 3 rings (SSSR count). The van der Waals surface area contributed by atoms with Gasteiger partial charge in [0.25, 0.3) is 0 Å². The van der Waals surface area contributed by atoms with Gasteiger partial charge >= 0.3 is 0 Å². The topological polar surface area (TPSA) is 79.2 Å². The van der Waals surface area contributed by atoms with Crippen LogP contribution >= 0.6 is 0 Å². The van der Waals surface area contributed by atoms with E-state index in [9.17, 15) is 10.2 Å². The molecule has 5 nitrogen and oxygen atoms in total. The summed E-state index contributed by atoms with van der Waals surface area (Å²) in [6.07, 6.45) is -1.35. The molecule has 5 atom stereocenters. The Morgan fingerprint density at radius 3 is 2.36 bits per heavy atom. The molecule has 5 unspecified atom stereocenters. The summed E-state index contributed by atoms with van der Waals surface area (Å²) >= 11 is 0. The van der Waals surface area contributed by atoms with Gasteiger partial charge in [-0.2, -0.15) is 0 Å². The molecule has 3 N–H and O–H groups in total. The summed E-state index contributed by atoms with van der Waals surface area (Å²) in [5, 5.41) is 29.1. The summed E-state index contributed by atoms with van der Waals surface area (Å²) in [6, 6.07) is 0. The van der Waals surface area contributed by atoms with Crippen LogP contribution in [0.4, 0.5) is 0 Å². The Bertz CT molecular complexity index is 252. The minimum atomic E-state index is -1.37. The van der Waals surface area contributed by atoms with Crippen LogP contribution in [0.2, 0.25) is 0 Å². The van der Waals surface area contributed by atoms with Crippen molar-refractivity contribution in [2.45, 2.75) is 50.0 Å². The fourth-order valence-electron chi connectivity index (χ4n) is 2.40. The Morgan fingerprint density at radius 1 is 1.36 bits per heavy atom. The molecule has 0 aromatic carbocycles. The van der Waals surface area contributed by atoms with Gasteiger partial charge in [-0.25, -0.2) is 0 Å². The average Bonchev–Trinajstić information content (AvgIpc) is 2.12. The highest BCUT2D eigenvalue weighted by atomic mass is 16.8. The van der Waals surface area contributed by atoms with Crippen LogP contribution in [0.5, 0.6) is 0 Å². The van der Waals surface area contributed by atoms with Crippen molar-refractivity contribution in [2.75, 3.05) is 6.61 Å². The fourth-order valence-corrected chi connectivity index (χ4v) is 2.40. The number of aliphatic hydroxyl groups excluding tert-OH is 2. The Kier molecular flexibility index (Phi) is 1.83. The number of fused-ring (bicyclic) bond motifs is 2. The van der Waals surface area contributed by atoms with Crippen molar-refractivity contribution >= 4 is 0 Å². The fraction of sp³-hybridized carbons (Fsp3) is 1.00. The second-order valence-corrected chi connectivity index (χ2v) is 4.46. The van der Waals surface area contributed by atoms with E-state index >= 15 is 0 Å². The second kappa shape index (κ2) is 2.48. The summed E-state index contributed by atoms with van der Waals surface area (Å²) in [6.45, 7) is 4.38. The molecule has 3 heterocycles. The van der Waals surface area contributed by atoms with E-state index < -0.39 is 35.8 Å². The summed E-state index contributed by atoms with van der Waals surface area (Å²) in [7, 11) is 0. The van der Waals surface area contributed by atoms with Gasteiger partial charge < -0.3 is 24.8 Å². The molecule has 0 spiro atoms. The van der Waals surface area contributed by atoms with Gasteiger partial charge in [0.1, 0.15) is 23.9 Å². The SMILES string of the molecule is CC1OC2(CO)OC(C)(C1O)C2(C)O. The molecular formula is C9H16O5. The van der Waals surface area contributed by atoms with Gasteiger partial charge in [0, 0.05) is 0 Å². The minimum absolute atomic E-state index is 0.424. The highest BCUT2D eigenvalue weighted by Gasteiger charge is 2.79. The Balaban J connectivity index is 2.38. The summed E-state index contributed by atoms with van der Waals surface area (Å²) in [5.74, 6) is -1.37. The lowest BCUT2D eigenvalue weighted by atomic mass is 9.66. The first-order valence-corrected chi connectivity index (χ1v) is 4.70. The molecule has 14 heavy (non-hydrogen) atoms. The number of rotatable bonds is 1. The number of hydrogen-bond acceptors (Lipinski definition) is 5. The number of ether oxygens (including phenoxy) is 2. The van der Waals surface area contributed by atoms with E-state index in [0.717, 1.165) is 0 Å². The van der Waals surface area contributed by atoms with Crippen molar-refractivity contribution in [3.63, 3.8) is 0 Å². The maximum absolute atomic E-state index is 10.1. The molecule has 5 heteroatoms. The lowest BCUT2D eigenvalue weighted by Gasteiger charge is -2.70. The highest BCUT2D eigenvalue weighted by Crippen LogP contribution is 2.57. The van der Waals surface area contributed by atoms with Crippen molar-refractivity contribution in [3.8, 4) is 0 Å². The molecule has 3 saturated heterocycles. The van der Waals surface area contributed by atoms with Gasteiger partial charge in [-0.05, 0) is 20.8 Å². The number of aliphatic hydroxyl groups is 3. The van der Waals surface area contributed by atoms with Crippen molar-refractivity contribution < 1.29 is 24.8 Å². The second-order valence-electron chi connectivity index (χ2n) is 4.46. The van der Waals surface area contributed by atoms with Crippen molar-refractivity contribution in [3.05, 3.63) is 0 Å². The first-order valence-electron chi connectivity index (χ1n) is 4.70. The van der Waals surface area contributed by atoms with E-state index in [1.807, 2.05) is 0 Å².